The third-order valence-corrected chi connectivity index (χ3v) is 9.06. The number of aryl methyl sites for hydroxylation is 1. The first-order valence-electron chi connectivity index (χ1n) is 9.88. The Bertz CT molecular complexity index is 1590. The summed E-state index contributed by atoms with van der Waals surface area (Å²) in [5.41, 5.74) is 2.54. The molecule has 0 aliphatic carbocycles. The zero-order valence-corrected chi connectivity index (χ0v) is 19.3. The molecular formula is C19H20N8O4S2. The second kappa shape index (κ2) is 7.41. The second-order valence-electron chi connectivity index (χ2n) is 8.06. The van der Waals surface area contributed by atoms with Gasteiger partial charge in [-0.25, -0.2) is 22.0 Å². The van der Waals surface area contributed by atoms with Gasteiger partial charge in [0.15, 0.2) is 9.84 Å². The number of hydrogen-bond donors (Lipinski definition) is 3. The topological polar surface area (TPSA) is 181 Å². The summed E-state index contributed by atoms with van der Waals surface area (Å²) in [6, 6.07) is 8.20. The van der Waals surface area contributed by atoms with Crippen LogP contribution in [0.3, 0.4) is 0 Å². The predicted molar refractivity (Wildman–Crippen MR) is 119 cm³/mol. The van der Waals surface area contributed by atoms with Gasteiger partial charge in [-0.3, -0.25) is 5.10 Å². The van der Waals surface area contributed by atoms with Crippen molar-refractivity contribution >= 4 is 30.8 Å². The molecule has 0 radical (unpaired) electrons. The largest absolute Gasteiger partial charge is 0.304 e. The third kappa shape index (κ3) is 3.51. The number of benzene rings is 2. The number of aromatic amines is 2. The fourth-order valence-corrected chi connectivity index (χ4v) is 7.53. The first-order chi connectivity index (χ1) is 15.6. The number of H-pyrrole nitrogens is 2. The first kappa shape index (κ1) is 21.6. The van der Waals surface area contributed by atoms with E-state index in [-0.39, 0.29) is 16.3 Å². The SMILES string of the molecule is Cc1[nH]nc2ccc(-c3ccc(S(=O)(=O)C4CN(C)C4)c(S(N)(=O)=O)c3-c3nn[nH]n3)cc12. The highest BCUT2D eigenvalue weighted by molar-refractivity contribution is 7.94. The number of hydrogen-bond acceptors (Lipinski definition) is 9. The third-order valence-electron chi connectivity index (χ3n) is 5.81. The molecule has 0 spiro atoms. The average molecular weight is 489 g/mol. The number of likely N-dealkylation sites (tertiary alicyclic amines) is 1. The molecular weight excluding hydrogens is 468 g/mol. The van der Waals surface area contributed by atoms with Gasteiger partial charge >= 0.3 is 0 Å². The maximum absolute atomic E-state index is 13.4. The molecule has 14 heteroatoms. The summed E-state index contributed by atoms with van der Waals surface area (Å²) in [7, 11) is -6.72. The zero-order chi connectivity index (χ0) is 23.5. The van der Waals surface area contributed by atoms with Crippen molar-refractivity contribution in [2.45, 2.75) is 22.0 Å². The Morgan fingerprint density at radius 1 is 1.09 bits per heavy atom. The van der Waals surface area contributed by atoms with Crippen LogP contribution < -0.4 is 5.14 Å². The van der Waals surface area contributed by atoms with Gasteiger partial charge < -0.3 is 4.90 Å². The smallest absolute Gasteiger partial charge is 0.240 e. The van der Waals surface area contributed by atoms with Gasteiger partial charge in [0.2, 0.25) is 15.8 Å². The van der Waals surface area contributed by atoms with E-state index in [1.54, 1.807) is 25.2 Å². The monoisotopic (exact) mass is 488 g/mol. The molecule has 2 aromatic heterocycles. The number of sulfone groups is 1. The van der Waals surface area contributed by atoms with E-state index >= 15 is 0 Å². The lowest BCUT2D eigenvalue weighted by Crippen LogP contribution is -2.52. The summed E-state index contributed by atoms with van der Waals surface area (Å²) >= 11 is 0. The number of sulfonamides is 1. The van der Waals surface area contributed by atoms with Crippen LogP contribution in [0.15, 0.2) is 40.1 Å². The van der Waals surface area contributed by atoms with Crippen molar-refractivity contribution in [3.63, 3.8) is 0 Å². The molecule has 0 saturated carbocycles. The molecule has 2 aromatic carbocycles. The van der Waals surface area contributed by atoms with Crippen molar-refractivity contribution in [1.29, 1.82) is 0 Å². The van der Waals surface area contributed by atoms with Gasteiger partial charge in [-0.2, -0.15) is 10.3 Å². The summed E-state index contributed by atoms with van der Waals surface area (Å²) in [5, 5.41) is 26.5. The van der Waals surface area contributed by atoms with E-state index in [1.165, 1.54) is 6.07 Å². The molecule has 4 N–H and O–H groups in total. The zero-order valence-electron chi connectivity index (χ0n) is 17.6. The van der Waals surface area contributed by atoms with Gasteiger partial charge in [-0.1, -0.05) is 12.1 Å². The lowest BCUT2D eigenvalue weighted by atomic mass is 9.97. The molecule has 1 saturated heterocycles. The van der Waals surface area contributed by atoms with Crippen molar-refractivity contribution in [2.24, 2.45) is 5.14 Å². The molecule has 12 nitrogen and oxygen atoms in total. The van der Waals surface area contributed by atoms with Crippen LogP contribution in [0.1, 0.15) is 5.69 Å². The highest BCUT2D eigenvalue weighted by Crippen LogP contribution is 2.41. The summed E-state index contributed by atoms with van der Waals surface area (Å²) in [4.78, 5) is 0.919. The van der Waals surface area contributed by atoms with E-state index in [1.807, 2.05) is 17.9 Å². The number of tetrazole rings is 1. The standard InChI is InChI=1S/C19H20N8O4S2/c1-10-14-7-11(3-5-15(14)22-21-10)13-4-6-16(32(28,29)12-8-27(2)9-12)18(33(20,30)31)17(13)19-23-25-26-24-19/h3-7,12H,8-9H2,1-2H3,(H,21,22)(H2,20,30,31)(H,23,24,25,26). The second-order valence-corrected chi connectivity index (χ2v) is 11.8. The molecule has 172 valence electrons. The van der Waals surface area contributed by atoms with Crippen LogP contribution in [0, 0.1) is 6.92 Å². The van der Waals surface area contributed by atoms with E-state index in [0.717, 1.165) is 16.6 Å². The van der Waals surface area contributed by atoms with Crippen molar-refractivity contribution in [2.75, 3.05) is 20.1 Å². The fraction of sp³-hybridized carbons (Fsp3) is 0.263. The Morgan fingerprint density at radius 2 is 1.85 bits per heavy atom. The van der Waals surface area contributed by atoms with Crippen molar-refractivity contribution in [1.82, 2.24) is 35.7 Å². The Hall–Kier alpha value is -3.20. The number of primary sulfonamides is 1. The lowest BCUT2D eigenvalue weighted by Gasteiger charge is -2.35. The number of nitrogens with zero attached hydrogens (tertiary/aromatic N) is 5. The summed E-state index contributed by atoms with van der Waals surface area (Å²) in [6.07, 6.45) is 0. The minimum atomic E-state index is -4.51. The van der Waals surface area contributed by atoms with Gasteiger partial charge in [0.25, 0.3) is 0 Å². The molecule has 3 heterocycles. The van der Waals surface area contributed by atoms with Crippen LogP contribution in [-0.2, 0) is 19.9 Å². The Labute approximate surface area is 189 Å². The number of aromatic nitrogens is 6. The molecule has 1 aliphatic rings. The van der Waals surface area contributed by atoms with Crippen LogP contribution in [0.2, 0.25) is 0 Å². The molecule has 0 amide bonds. The first-order valence-corrected chi connectivity index (χ1v) is 13.0. The van der Waals surface area contributed by atoms with Crippen LogP contribution in [0.4, 0.5) is 0 Å². The number of nitrogens with one attached hydrogen (secondary N) is 2. The summed E-state index contributed by atoms with van der Waals surface area (Å²) < 4.78 is 52.4. The highest BCUT2D eigenvalue weighted by Gasteiger charge is 2.40. The summed E-state index contributed by atoms with van der Waals surface area (Å²) in [6.45, 7) is 2.45. The number of fused-ring (bicyclic) bond motifs is 1. The van der Waals surface area contributed by atoms with Crippen LogP contribution in [0.25, 0.3) is 33.4 Å². The van der Waals surface area contributed by atoms with Crippen molar-refractivity contribution in [3.8, 4) is 22.5 Å². The molecule has 1 aliphatic heterocycles. The molecule has 0 atom stereocenters. The molecule has 33 heavy (non-hydrogen) atoms. The average Bonchev–Trinajstić information content (AvgIpc) is 3.40. The highest BCUT2D eigenvalue weighted by atomic mass is 32.2. The molecule has 0 unspecified atom stereocenters. The Balaban J connectivity index is 1.84. The number of rotatable bonds is 5. The van der Waals surface area contributed by atoms with Crippen LogP contribution >= 0.6 is 0 Å². The minimum absolute atomic E-state index is 0.0273. The molecule has 0 bridgehead atoms. The van der Waals surface area contributed by atoms with Gasteiger partial charge in [0.1, 0.15) is 4.90 Å². The maximum atomic E-state index is 13.4. The van der Waals surface area contributed by atoms with E-state index < -0.39 is 30.0 Å². The molecule has 4 aromatic rings. The van der Waals surface area contributed by atoms with E-state index in [0.29, 0.717) is 24.2 Å². The predicted octanol–water partition coefficient (Wildman–Crippen LogP) is 0.454. The molecule has 5 rings (SSSR count). The Kier molecular flexibility index (Phi) is 4.86. The quantitative estimate of drug-likeness (QED) is 0.359. The van der Waals surface area contributed by atoms with E-state index in [2.05, 4.69) is 30.8 Å². The van der Waals surface area contributed by atoms with Gasteiger partial charge in [-0.15, -0.1) is 10.2 Å². The van der Waals surface area contributed by atoms with Crippen molar-refractivity contribution < 1.29 is 16.8 Å². The summed E-state index contributed by atoms with van der Waals surface area (Å²) in [5.74, 6) is -0.0826. The molecule has 1 fully saturated rings. The van der Waals surface area contributed by atoms with Crippen molar-refractivity contribution in [3.05, 3.63) is 36.0 Å². The van der Waals surface area contributed by atoms with E-state index in [9.17, 15) is 16.8 Å². The fourth-order valence-electron chi connectivity index (χ4n) is 4.12. The Morgan fingerprint density at radius 3 is 2.48 bits per heavy atom. The van der Waals surface area contributed by atoms with E-state index in [4.69, 9.17) is 5.14 Å². The number of nitrogens with two attached hydrogens (primary N) is 1. The maximum Gasteiger partial charge on any atom is 0.240 e. The lowest BCUT2D eigenvalue weighted by molar-refractivity contribution is 0.231. The van der Waals surface area contributed by atoms with Gasteiger partial charge in [0, 0.05) is 24.2 Å². The van der Waals surface area contributed by atoms with Gasteiger partial charge in [0.05, 0.1) is 21.2 Å². The van der Waals surface area contributed by atoms with Crippen LogP contribution in [0.5, 0.6) is 0 Å². The minimum Gasteiger partial charge on any atom is -0.304 e. The van der Waals surface area contributed by atoms with Crippen LogP contribution in [-0.4, -0.2) is 77.9 Å². The van der Waals surface area contributed by atoms with Gasteiger partial charge in [-0.05, 0) is 48.5 Å². The normalized spacial score (nSPS) is 15.7.